The third-order valence-corrected chi connectivity index (χ3v) is 6.04. The van der Waals surface area contributed by atoms with Crippen molar-refractivity contribution in [2.75, 3.05) is 28.6 Å². The zero-order chi connectivity index (χ0) is 21.4. The highest BCUT2D eigenvalue weighted by atomic mass is 35.5. The molecule has 2 bridgehead atoms. The third-order valence-electron chi connectivity index (χ3n) is 5.79. The van der Waals surface area contributed by atoms with Crippen LogP contribution < -0.4 is 21.1 Å². The van der Waals surface area contributed by atoms with Crippen molar-refractivity contribution in [3.8, 4) is 0 Å². The molecule has 2 amide bonds. The van der Waals surface area contributed by atoms with Crippen LogP contribution in [0.25, 0.3) is 0 Å². The highest BCUT2D eigenvalue weighted by Crippen LogP contribution is 2.36. The molecule has 8 nitrogen and oxygen atoms in total. The number of anilines is 3. The number of amides is 2. The number of urea groups is 1. The lowest BCUT2D eigenvalue weighted by Crippen LogP contribution is -2.48. The van der Waals surface area contributed by atoms with Gasteiger partial charge in [0, 0.05) is 54.3 Å². The number of rotatable bonds is 3. The van der Waals surface area contributed by atoms with Crippen LogP contribution in [0.5, 0.6) is 0 Å². The zero-order valence-corrected chi connectivity index (χ0v) is 17.4. The number of nitrogens with one attached hydrogen (secondary N) is 2. The Hall–Kier alpha value is -3.39. The number of carbonyl (C=O) groups excluding carboxylic acids is 1. The number of halogens is 1. The molecule has 0 aliphatic carbocycles. The van der Waals surface area contributed by atoms with Crippen LogP contribution in [-0.2, 0) is 6.54 Å². The maximum Gasteiger partial charge on any atom is 0.323 e. The summed E-state index contributed by atoms with van der Waals surface area (Å²) in [4.78, 5) is 36.4. The minimum Gasteiger partial charge on any atom is -0.340 e. The van der Waals surface area contributed by atoms with E-state index in [-0.39, 0.29) is 17.2 Å². The number of carbonyl (C=O) groups is 1. The largest absolute Gasteiger partial charge is 0.340 e. The maximum atomic E-state index is 13.1. The van der Waals surface area contributed by atoms with E-state index in [1.807, 2.05) is 6.07 Å². The fourth-order valence-electron chi connectivity index (χ4n) is 4.48. The Morgan fingerprint density at radius 2 is 1.77 bits per heavy atom. The Balaban J connectivity index is 1.34. The predicted molar refractivity (Wildman–Crippen MR) is 120 cm³/mol. The fourth-order valence-corrected chi connectivity index (χ4v) is 4.60. The first-order chi connectivity index (χ1) is 15.1. The summed E-state index contributed by atoms with van der Waals surface area (Å²) in [6.07, 6.45) is 4.53. The number of benzene rings is 1. The van der Waals surface area contributed by atoms with Gasteiger partial charge in [-0.25, -0.2) is 14.8 Å². The van der Waals surface area contributed by atoms with Gasteiger partial charge in [-0.15, -0.1) is 0 Å². The summed E-state index contributed by atoms with van der Waals surface area (Å²) < 4.78 is 1.81. The van der Waals surface area contributed by atoms with E-state index in [1.165, 1.54) is 0 Å². The number of pyridine rings is 1. The van der Waals surface area contributed by atoms with Gasteiger partial charge in [0.25, 0.3) is 5.56 Å². The second-order valence-corrected chi connectivity index (χ2v) is 8.36. The average Bonchev–Trinajstić information content (AvgIpc) is 2.78. The molecule has 2 aliphatic rings. The van der Waals surface area contributed by atoms with Crippen molar-refractivity contribution >= 4 is 35.0 Å². The van der Waals surface area contributed by atoms with Crippen LogP contribution in [0, 0.1) is 5.92 Å². The van der Waals surface area contributed by atoms with E-state index >= 15 is 0 Å². The number of aromatic nitrogens is 3. The molecular weight excluding hydrogens is 416 g/mol. The summed E-state index contributed by atoms with van der Waals surface area (Å²) in [6.45, 7) is 2.19. The van der Waals surface area contributed by atoms with Gasteiger partial charge in [-0.2, -0.15) is 0 Å². The summed E-state index contributed by atoms with van der Waals surface area (Å²) in [5, 5.41) is 5.97. The molecule has 5 rings (SSSR count). The van der Waals surface area contributed by atoms with Gasteiger partial charge in [0.05, 0.1) is 0 Å². The molecule has 2 aromatic heterocycles. The Bertz CT molecular complexity index is 1160. The van der Waals surface area contributed by atoms with Crippen molar-refractivity contribution in [1.82, 2.24) is 14.5 Å². The first kappa shape index (κ1) is 19.6. The molecular formula is C22H21ClN6O2. The summed E-state index contributed by atoms with van der Waals surface area (Å²) >= 11 is 5.87. The molecule has 2 atom stereocenters. The van der Waals surface area contributed by atoms with E-state index in [2.05, 4.69) is 25.5 Å². The monoisotopic (exact) mass is 436 g/mol. The Kier molecular flexibility index (Phi) is 5.07. The number of fused-ring (bicyclic) bond motifs is 4. The molecule has 0 unspecified atom stereocenters. The average molecular weight is 437 g/mol. The van der Waals surface area contributed by atoms with Crippen molar-refractivity contribution in [3.05, 3.63) is 75.9 Å². The standard InChI is InChI=1S/C22H21ClN6O2/c23-16-2-4-17(5-3-16)26-22(31)27-18-6-7-19-15-10-14(12-29(19)20(18)30)11-28(13-15)21-24-8-1-9-25-21/h1-9,14-15H,10-13H2,(H2,26,27,31)/t14-,15-/m1/s1. The number of piperidine rings is 1. The summed E-state index contributed by atoms with van der Waals surface area (Å²) in [5.41, 5.74) is 1.67. The van der Waals surface area contributed by atoms with Crippen molar-refractivity contribution < 1.29 is 4.79 Å². The molecule has 1 fully saturated rings. The SMILES string of the molecule is O=C(Nc1ccc(Cl)cc1)Nc1ccc2n(c1=O)C[C@@H]1C[C@@H]2CN(c2ncccn2)C1. The van der Waals surface area contributed by atoms with E-state index < -0.39 is 6.03 Å². The van der Waals surface area contributed by atoms with Gasteiger partial charge in [0.2, 0.25) is 5.95 Å². The van der Waals surface area contributed by atoms with Crippen LogP contribution in [0.1, 0.15) is 18.0 Å². The number of nitrogens with zero attached hydrogens (tertiary/aromatic N) is 4. The highest BCUT2D eigenvalue weighted by Gasteiger charge is 2.35. The maximum absolute atomic E-state index is 13.1. The number of hydrogen-bond donors (Lipinski definition) is 2. The van der Waals surface area contributed by atoms with Gasteiger partial charge in [-0.05, 0) is 54.8 Å². The van der Waals surface area contributed by atoms with Crippen molar-refractivity contribution in [3.63, 3.8) is 0 Å². The highest BCUT2D eigenvalue weighted by molar-refractivity contribution is 6.30. The van der Waals surface area contributed by atoms with E-state index in [0.717, 1.165) is 31.2 Å². The Morgan fingerprint density at radius 3 is 2.55 bits per heavy atom. The molecule has 0 saturated carbocycles. The predicted octanol–water partition coefficient (Wildman–Crippen LogP) is 3.56. The molecule has 3 aromatic rings. The molecule has 4 heterocycles. The van der Waals surface area contributed by atoms with Crippen molar-refractivity contribution in [2.45, 2.75) is 18.9 Å². The summed E-state index contributed by atoms with van der Waals surface area (Å²) in [6, 6.07) is 11.7. The van der Waals surface area contributed by atoms with Gasteiger partial charge in [0.1, 0.15) is 5.69 Å². The second kappa shape index (κ2) is 8.03. The zero-order valence-electron chi connectivity index (χ0n) is 16.7. The molecule has 158 valence electrons. The van der Waals surface area contributed by atoms with Gasteiger partial charge in [-0.3, -0.25) is 4.79 Å². The second-order valence-electron chi connectivity index (χ2n) is 7.93. The Labute approximate surface area is 183 Å². The van der Waals surface area contributed by atoms with Crippen molar-refractivity contribution in [2.24, 2.45) is 5.92 Å². The first-order valence-electron chi connectivity index (χ1n) is 10.2. The quantitative estimate of drug-likeness (QED) is 0.655. The van der Waals surface area contributed by atoms with Gasteiger partial charge in [0.15, 0.2) is 0 Å². The lowest BCUT2D eigenvalue weighted by molar-refractivity contribution is 0.262. The van der Waals surface area contributed by atoms with Crippen LogP contribution in [0.2, 0.25) is 5.02 Å². The summed E-state index contributed by atoms with van der Waals surface area (Å²) in [7, 11) is 0. The van der Waals surface area contributed by atoms with Gasteiger partial charge >= 0.3 is 6.03 Å². The summed E-state index contributed by atoms with van der Waals surface area (Å²) in [5.74, 6) is 1.28. The lowest BCUT2D eigenvalue weighted by Gasteiger charge is -2.42. The topological polar surface area (TPSA) is 92.2 Å². The normalized spacial score (nSPS) is 19.5. The van der Waals surface area contributed by atoms with Gasteiger partial charge in [-0.1, -0.05) is 11.6 Å². The minimum atomic E-state index is -0.469. The lowest BCUT2D eigenvalue weighted by atomic mass is 9.83. The molecule has 2 N–H and O–H groups in total. The van der Waals surface area contributed by atoms with Crippen LogP contribution in [-0.4, -0.2) is 33.7 Å². The molecule has 0 radical (unpaired) electrons. The van der Waals surface area contributed by atoms with E-state index in [4.69, 9.17) is 11.6 Å². The Morgan fingerprint density at radius 1 is 1.00 bits per heavy atom. The van der Waals surface area contributed by atoms with Crippen LogP contribution in [0.3, 0.4) is 0 Å². The molecule has 31 heavy (non-hydrogen) atoms. The number of hydrogen-bond acceptors (Lipinski definition) is 5. The van der Waals surface area contributed by atoms with Crippen LogP contribution in [0.4, 0.5) is 22.1 Å². The molecule has 2 aliphatic heterocycles. The molecule has 9 heteroatoms. The smallest absolute Gasteiger partial charge is 0.323 e. The molecule has 1 aromatic carbocycles. The van der Waals surface area contributed by atoms with Crippen LogP contribution in [0.15, 0.2) is 59.7 Å². The van der Waals surface area contributed by atoms with E-state index in [0.29, 0.717) is 23.2 Å². The molecule has 0 spiro atoms. The van der Waals surface area contributed by atoms with E-state index in [9.17, 15) is 9.59 Å². The third kappa shape index (κ3) is 3.98. The van der Waals surface area contributed by atoms with Crippen LogP contribution >= 0.6 is 11.6 Å². The first-order valence-corrected chi connectivity index (χ1v) is 10.5. The minimum absolute atomic E-state index is 0.178. The fraction of sp³-hybridized carbons (Fsp3) is 0.273. The van der Waals surface area contributed by atoms with Gasteiger partial charge < -0.3 is 20.1 Å². The van der Waals surface area contributed by atoms with E-state index in [1.54, 1.807) is 53.4 Å². The molecule has 1 saturated heterocycles. The van der Waals surface area contributed by atoms with Crippen molar-refractivity contribution in [1.29, 1.82) is 0 Å².